The third-order valence-electron chi connectivity index (χ3n) is 4.26. The summed E-state index contributed by atoms with van der Waals surface area (Å²) in [6, 6.07) is 8.60. The van der Waals surface area contributed by atoms with Crippen molar-refractivity contribution in [1.82, 2.24) is 10.2 Å². The molecule has 1 saturated heterocycles. The second-order valence-electron chi connectivity index (χ2n) is 6.40. The summed E-state index contributed by atoms with van der Waals surface area (Å²) < 4.78 is 0. The van der Waals surface area contributed by atoms with Crippen LogP contribution in [0.3, 0.4) is 0 Å². The van der Waals surface area contributed by atoms with Gasteiger partial charge in [-0.3, -0.25) is 0 Å². The van der Waals surface area contributed by atoms with Gasteiger partial charge in [-0.2, -0.15) is 0 Å². The van der Waals surface area contributed by atoms with Crippen LogP contribution in [0.1, 0.15) is 32.3 Å². The van der Waals surface area contributed by atoms with E-state index in [0.29, 0.717) is 0 Å². The van der Waals surface area contributed by atoms with Crippen molar-refractivity contribution in [2.75, 3.05) is 38.6 Å². The molecule has 0 aromatic heterocycles. The van der Waals surface area contributed by atoms with E-state index in [9.17, 15) is 0 Å². The summed E-state index contributed by atoms with van der Waals surface area (Å²) in [4.78, 5) is 9.38. The lowest BCUT2D eigenvalue weighted by Gasteiger charge is -2.33. The van der Waals surface area contributed by atoms with Gasteiger partial charge in [-0.05, 0) is 43.4 Å². The molecule has 1 aliphatic rings. The predicted molar refractivity (Wildman–Crippen MR) is 95.6 cm³/mol. The topological polar surface area (TPSA) is 30.9 Å². The summed E-state index contributed by atoms with van der Waals surface area (Å²) in [5, 5.41) is 3.44. The maximum Gasteiger partial charge on any atom is 0.194 e. The Hall–Kier alpha value is -1.71. The summed E-state index contributed by atoms with van der Waals surface area (Å²) in [5.41, 5.74) is 2.48. The molecule has 4 heteroatoms. The van der Waals surface area contributed by atoms with Crippen LogP contribution in [-0.2, 0) is 6.54 Å². The molecule has 0 atom stereocenters. The average Bonchev–Trinajstić information content (AvgIpc) is 2.52. The zero-order chi connectivity index (χ0) is 15.9. The molecular weight excluding hydrogens is 272 g/mol. The van der Waals surface area contributed by atoms with E-state index >= 15 is 0 Å². The number of nitrogens with one attached hydrogen (secondary N) is 1. The Morgan fingerprint density at radius 3 is 2.68 bits per heavy atom. The van der Waals surface area contributed by atoms with Gasteiger partial charge in [0, 0.05) is 39.4 Å². The van der Waals surface area contributed by atoms with E-state index in [-0.39, 0.29) is 0 Å². The standard InChI is InChI=1S/C18H30N4/c1-5-19-18(22-11-9-15(2)10-12-22)20-14-16-7-6-8-17(13-16)21(3)4/h6-8,13,15H,5,9-12,14H2,1-4H3,(H,19,20). The molecule has 1 aromatic rings. The van der Waals surface area contributed by atoms with E-state index in [1.165, 1.54) is 24.1 Å². The van der Waals surface area contributed by atoms with Crippen molar-refractivity contribution >= 4 is 11.6 Å². The quantitative estimate of drug-likeness (QED) is 0.685. The smallest absolute Gasteiger partial charge is 0.194 e. The Balaban J connectivity index is 2.05. The highest BCUT2D eigenvalue weighted by molar-refractivity contribution is 5.80. The van der Waals surface area contributed by atoms with Crippen molar-refractivity contribution < 1.29 is 0 Å². The molecule has 0 aliphatic carbocycles. The van der Waals surface area contributed by atoms with Gasteiger partial charge in [-0.15, -0.1) is 0 Å². The number of likely N-dealkylation sites (tertiary alicyclic amines) is 1. The minimum absolute atomic E-state index is 0.732. The predicted octanol–water partition coefficient (Wildman–Crippen LogP) is 2.95. The van der Waals surface area contributed by atoms with Crippen molar-refractivity contribution in [1.29, 1.82) is 0 Å². The summed E-state index contributed by atoms with van der Waals surface area (Å²) in [5.74, 6) is 1.90. The normalized spacial score (nSPS) is 16.7. The lowest BCUT2D eigenvalue weighted by molar-refractivity contribution is 0.273. The monoisotopic (exact) mass is 302 g/mol. The molecule has 0 radical (unpaired) electrons. The maximum absolute atomic E-state index is 4.85. The van der Waals surface area contributed by atoms with E-state index < -0.39 is 0 Å². The minimum Gasteiger partial charge on any atom is -0.378 e. The first-order valence-electron chi connectivity index (χ1n) is 8.39. The molecular formula is C18H30N4. The van der Waals surface area contributed by atoms with Gasteiger partial charge < -0.3 is 15.1 Å². The SMILES string of the molecule is CCNC(=NCc1cccc(N(C)C)c1)N1CCC(C)CC1. The Morgan fingerprint density at radius 2 is 2.05 bits per heavy atom. The molecule has 2 rings (SSSR count). The van der Waals surface area contributed by atoms with E-state index in [4.69, 9.17) is 4.99 Å². The third-order valence-corrected chi connectivity index (χ3v) is 4.26. The zero-order valence-electron chi connectivity index (χ0n) is 14.5. The number of nitrogens with zero attached hydrogens (tertiary/aromatic N) is 3. The van der Waals surface area contributed by atoms with Crippen LogP contribution in [0.15, 0.2) is 29.3 Å². The zero-order valence-corrected chi connectivity index (χ0v) is 14.5. The van der Waals surface area contributed by atoms with E-state index in [1.807, 2.05) is 0 Å². The minimum atomic E-state index is 0.732. The molecule has 0 saturated carbocycles. The van der Waals surface area contributed by atoms with Gasteiger partial charge in [0.25, 0.3) is 0 Å². The summed E-state index contributed by atoms with van der Waals surface area (Å²) in [6.07, 6.45) is 2.53. The second-order valence-corrected chi connectivity index (χ2v) is 6.40. The van der Waals surface area contributed by atoms with Crippen LogP contribution in [0.5, 0.6) is 0 Å². The van der Waals surface area contributed by atoms with Crippen LogP contribution in [0.2, 0.25) is 0 Å². The summed E-state index contributed by atoms with van der Waals surface area (Å²) >= 11 is 0. The molecule has 4 nitrogen and oxygen atoms in total. The number of hydrogen-bond donors (Lipinski definition) is 1. The highest BCUT2D eigenvalue weighted by Gasteiger charge is 2.18. The molecule has 1 N–H and O–H groups in total. The first kappa shape index (κ1) is 16.7. The molecule has 0 amide bonds. The molecule has 0 unspecified atom stereocenters. The first-order valence-corrected chi connectivity index (χ1v) is 8.39. The maximum atomic E-state index is 4.85. The fourth-order valence-electron chi connectivity index (χ4n) is 2.75. The average molecular weight is 302 g/mol. The van der Waals surface area contributed by atoms with E-state index in [1.54, 1.807) is 0 Å². The number of benzene rings is 1. The molecule has 0 spiro atoms. The number of aliphatic imine (C=N–C) groups is 1. The van der Waals surface area contributed by atoms with E-state index in [2.05, 4.69) is 67.3 Å². The Bertz CT molecular complexity index is 488. The number of guanidine groups is 1. The Labute approximate surface area is 135 Å². The molecule has 0 bridgehead atoms. The second kappa shape index (κ2) is 8.06. The van der Waals surface area contributed by atoms with Crippen molar-refractivity contribution in [3.63, 3.8) is 0 Å². The van der Waals surface area contributed by atoms with Crippen LogP contribution in [-0.4, -0.2) is 44.6 Å². The van der Waals surface area contributed by atoms with Crippen LogP contribution in [0.4, 0.5) is 5.69 Å². The highest BCUT2D eigenvalue weighted by Crippen LogP contribution is 2.17. The molecule has 1 fully saturated rings. The van der Waals surface area contributed by atoms with Crippen LogP contribution in [0, 0.1) is 5.92 Å². The van der Waals surface area contributed by atoms with Gasteiger partial charge in [0.2, 0.25) is 0 Å². The molecule has 122 valence electrons. The first-order chi connectivity index (χ1) is 10.6. The van der Waals surface area contributed by atoms with Gasteiger partial charge in [0.1, 0.15) is 0 Å². The molecule has 1 aromatic carbocycles. The Morgan fingerprint density at radius 1 is 1.32 bits per heavy atom. The van der Waals surface area contributed by atoms with Crippen LogP contribution in [0.25, 0.3) is 0 Å². The van der Waals surface area contributed by atoms with Gasteiger partial charge in [0.05, 0.1) is 6.54 Å². The van der Waals surface area contributed by atoms with Gasteiger partial charge >= 0.3 is 0 Å². The van der Waals surface area contributed by atoms with Gasteiger partial charge in [0.15, 0.2) is 5.96 Å². The van der Waals surface area contributed by atoms with Gasteiger partial charge in [-0.1, -0.05) is 19.1 Å². The summed E-state index contributed by atoms with van der Waals surface area (Å²) in [6.45, 7) is 8.36. The van der Waals surface area contributed by atoms with Gasteiger partial charge in [-0.25, -0.2) is 4.99 Å². The number of hydrogen-bond acceptors (Lipinski definition) is 2. The van der Waals surface area contributed by atoms with Crippen molar-refractivity contribution in [3.05, 3.63) is 29.8 Å². The largest absolute Gasteiger partial charge is 0.378 e. The molecule has 1 heterocycles. The number of piperidine rings is 1. The lowest BCUT2D eigenvalue weighted by Crippen LogP contribution is -2.45. The van der Waals surface area contributed by atoms with Crippen molar-refractivity contribution in [3.8, 4) is 0 Å². The van der Waals surface area contributed by atoms with Crippen molar-refractivity contribution in [2.24, 2.45) is 10.9 Å². The lowest BCUT2D eigenvalue weighted by atomic mass is 10.00. The number of anilines is 1. The van der Waals surface area contributed by atoms with Crippen LogP contribution < -0.4 is 10.2 Å². The molecule has 1 aliphatic heterocycles. The fraction of sp³-hybridized carbons (Fsp3) is 0.611. The van der Waals surface area contributed by atoms with Crippen molar-refractivity contribution in [2.45, 2.75) is 33.2 Å². The van der Waals surface area contributed by atoms with Crippen LogP contribution >= 0.6 is 0 Å². The fourth-order valence-corrected chi connectivity index (χ4v) is 2.75. The number of rotatable bonds is 4. The highest BCUT2D eigenvalue weighted by atomic mass is 15.3. The van der Waals surface area contributed by atoms with E-state index in [0.717, 1.165) is 38.1 Å². The summed E-state index contributed by atoms with van der Waals surface area (Å²) in [7, 11) is 4.14. The Kier molecular flexibility index (Phi) is 6.10. The third kappa shape index (κ3) is 4.65. The molecule has 22 heavy (non-hydrogen) atoms.